The standard InChI is InChI=1S/C16H17NO2/c1-3-19-16(18)17-15-11-7-6-10-14(15)13-9-5-4-8-12(13)2/h4-11H,3H2,1-2H3,(H,17,18). The molecular formula is C16H17NO2. The smallest absolute Gasteiger partial charge is 0.411 e. The molecule has 0 saturated heterocycles. The number of carbonyl (C=O) groups is 1. The second kappa shape index (κ2) is 6.05. The average Bonchev–Trinajstić information content (AvgIpc) is 2.40. The predicted octanol–water partition coefficient (Wildman–Crippen LogP) is 4.23. The first-order valence-corrected chi connectivity index (χ1v) is 6.31. The highest BCUT2D eigenvalue weighted by Crippen LogP contribution is 2.30. The van der Waals surface area contributed by atoms with Gasteiger partial charge in [0.05, 0.1) is 12.3 Å². The average molecular weight is 255 g/mol. The maximum Gasteiger partial charge on any atom is 0.411 e. The number of carbonyl (C=O) groups excluding carboxylic acids is 1. The number of benzene rings is 2. The summed E-state index contributed by atoms with van der Waals surface area (Å²) in [6.07, 6.45) is -0.427. The van der Waals surface area contributed by atoms with Crippen molar-refractivity contribution in [1.82, 2.24) is 0 Å². The Morgan fingerprint density at radius 3 is 2.37 bits per heavy atom. The van der Waals surface area contributed by atoms with Gasteiger partial charge in [-0.1, -0.05) is 42.5 Å². The molecule has 0 bridgehead atoms. The molecule has 2 aromatic carbocycles. The van der Waals surface area contributed by atoms with Crippen molar-refractivity contribution >= 4 is 11.8 Å². The molecule has 0 spiro atoms. The summed E-state index contributed by atoms with van der Waals surface area (Å²) in [6, 6.07) is 15.8. The van der Waals surface area contributed by atoms with Gasteiger partial charge < -0.3 is 4.74 Å². The van der Waals surface area contributed by atoms with Gasteiger partial charge in [0.25, 0.3) is 0 Å². The summed E-state index contributed by atoms with van der Waals surface area (Å²) in [6.45, 7) is 4.20. The fraction of sp³-hybridized carbons (Fsp3) is 0.188. The van der Waals surface area contributed by atoms with Crippen molar-refractivity contribution in [3.8, 4) is 11.1 Å². The molecule has 0 fully saturated rings. The van der Waals surface area contributed by atoms with E-state index in [9.17, 15) is 4.79 Å². The van der Waals surface area contributed by atoms with Crippen LogP contribution in [0.15, 0.2) is 48.5 Å². The van der Waals surface area contributed by atoms with Gasteiger partial charge in [-0.05, 0) is 31.0 Å². The largest absolute Gasteiger partial charge is 0.450 e. The molecule has 0 aliphatic heterocycles. The maximum atomic E-state index is 11.5. The minimum atomic E-state index is -0.427. The molecule has 0 aliphatic rings. The fourth-order valence-electron chi connectivity index (χ4n) is 1.98. The normalized spacial score (nSPS) is 10.0. The molecule has 0 aromatic heterocycles. The monoisotopic (exact) mass is 255 g/mol. The quantitative estimate of drug-likeness (QED) is 0.891. The Balaban J connectivity index is 2.37. The number of rotatable bonds is 3. The van der Waals surface area contributed by atoms with E-state index in [1.165, 1.54) is 5.56 Å². The highest BCUT2D eigenvalue weighted by Gasteiger charge is 2.09. The third-order valence-corrected chi connectivity index (χ3v) is 2.87. The third kappa shape index (κ3) is 3.13. The lowest BCUT2D eigenvalue weighted by Gasteiger charge is -2.12. The van der Waals surface area contributed by atoms with Crippen LogP contribution >= 0.6 is 0 Å². The van der Waals surface area contributed by atoms with E-state index >= 15 is 0 Å². The van der Waals surface area contributed by atoms with E-state index in [1.54, 1.807) is 6.92 Å². The Hall–Kier alpha value is -2.29. The van der Waals surface area contributed by atoms with Crippen LogP contribution in [0.1, 0.15) is 12.5 Å². The molecule has 0 unspecified atom stereocenters. The van der Waals surface area contributed by atoms with Gasteiger partial charge in [0.15, 0.2) is 0 Å². The molecule has 3 nitrogen and oxygen atoms in total. The lowest BCUT2D eigenvalue weighted by atomic mass is 9.99. The van der Waals surface area contributed by atoms with E-state index < -0.39 is 6.09 Å². The summed E-state index contributed by atoms with van der Waals surface area (Å²) >= 11 is 0. The highest BCUT2D eigenvalue weighted by molar-refractivity contribution is 5.91. The predicted molar refractivity (Wildman–Crippen MR) is 77.3 cm³/mol. The molecule has 0 heterocycles. The number of hydrogen-bond acceptors (Lipinski definition) is 2. The van der Waals surface area contributed by atoms with Gasteiger partial charge in [0.2, 0.25) is 0 Å². The van der Waals surface area contributed by atoms with Gasteiger partial charge in [-0.25, -0.2) is 4.79 Å². The van der Waals surface area contributed by atoms with Gasteiger partial charge in [0, 0.05) is 5.56 Å². The summed E-state index contributed by atoms with van der Waals surface area (Å²) < 4.78 is 4.92. The lowest BCUT2D eigenvalue weighted by Crippen LogP contribution is -2.13. The Kier molecular flexibility index (Phi) is 4.18. The minimum absolute atomic E-state index is 0.359. The summed E-state index contributed by atoms with van der Waals surface area (Å²) in [5.74, 6) is 0. The number of nitrogens with one attached hydrogen (secondary N) is 1. The second-order valence-electron chi connectivity index (χ2n) is 4.21. The van der Waals surface area contributed by atoms with Crippen molar-refractivity contribution in [3.05, 3.63) is 54.1 Å². The number of aryl methyl sites for hydroxylation is 1. The summed E-state index contributed by atoms with van der Waals surface area (Å²) in [7, 11) is 0. The molecule has 0 radical (unpaired) electrons. The van der Waals surface area contributed by atoms with Gasteiger partial charge in [0.1, 0.15) is 0 Å². The summed E-state index contributed by atoms with van der Waals surface area (Å²) in [5.41, 5.74) is 4.03. The topological polar surface area (TPSA) is 38.3 Å². The molecule has 1 amide bonds. The van der Waals surface area contributed by atoms with Crippen LogP contribution in [0, 0.1) is 6.92 Å². The second-order valence-corrected chi connectivity index (χ2v) is 4.21. The van der Waals surface area contributed by atoms with Gasteiger partial charge in [-0.15, -0.1) is 0 Å². The molecule has 0 atom stereocenters. The van der Waals surface area contributed by atoms with Crippen molar-refractivity contribution < 1.29 is 9.53 Å². The van der Waals surface area contributed by atoms with Gasteiger partial charge in [-0.3, -0.25) is 5.32 Å². The van der Waals surface area contributed by atoms with Crippen LogP contribution in [0.4, 0.5) is 10.5 Å². The van der Waals surface area contributed by atoms with Crippen LogP contribution in [-0.2, 0) is 4.74 Å². The first-order valence-electron chi connectivity index (χ1n) is 6.31. The van der Waals surface area contributed by atoms with Crippen molar-refractivity contribution in [3.63, 3.8) is 0 Å². The molecular weight excluding hydrogens is 238 g/mol. The first kappa shape index (κ1) is 13.1. The van der Waals surface area contributed by atoms with Gasteiger partial charge in [-0.2, -0.15) is 0 Å². The molecule has 98 valence electrons. The number of anilines is 1. The zero-order valence-corrected chi connectivity index (χ0v) is 11.1. The number of ether oxygens (including phenoxy) is 1. The van der Waals surface area contributed by atoms with Crippen LogP contribution in [0.25, 0.3) is 11.1 Å². The molecule has 2 aromatic rings. The SMILES string of the molecule is CCOC(=O)Nc1ccccc1-c1ccccc1C. The van der Waals surface area contributed by atoms with E-state index in [0.29, 0.717) is 6.61 Å². The third-order valence-electron chi connectivity index (χ3n) is 2.87. The highest BCUT2D eigenvalue weighted by atomic mass is 16.5. The van der Waals surface area contributed by atoms with E-state index in [-0.39, 0.29) is 0 Å². The van der Waals surface area contributed by atoms with Crippen LogP contribution < -0.4 is 5.32 Å². The van der Waals surface area contributed by atoms with Crippen molar-refractivity contribution in [2.45, 2.75) is 13.8 Å². The van der Waals surface area contributed by atoms with Crippen LogP contribution in [0.5, 0.6) is 0 Å². The maximum absolute atomic E-state index is 11.5. The zero-order chi connectivity index (χ0) is 13.7. The molecule has 1 N–H and O–H groups in total. The number of para-hydroxylation sites is 1. The molecule has 3 heteroatoms. The van der Waals surface area contributed by atoms with Crippen LogP contribution in [-0.4, -0.2) is 12.7 Å². The lowest BCUT2D eigenvalue weighted by molar-refractivity contribution is 0.168. The molecule has 19 heavy (non-hydrogen) atoms. The fourth-order valence-corrected chi connectivity index (χ4v) is 1.98. The Bertz CT molecular complexity index is 578. The zero-order valence-electron chi connectivity index (χ0n) is 11.1. The number of hydrogen-bond donors (Lipinski definition) is 1. The number of amides is 1. The minimum Gasteiger partial charge on any atom is -0.450 e. The Labute approximate surface area is 113 Å². The van der Waals surface area contributed by atoms with E-state index in [4.69, 9.17) is 4.74 Å². The van der Waals surface area contributed by atoms with Gasteiger partial charge >= 0.3 is 6.09 Å². The van der Waals surface area contributed by atoms with Crippen molar-refractivity contribution in [2.24, 2.45) is 0 Å². The Morgan fingerprint density at radius 2 is 1.68 bits per heavy atom. The Morgan fingerprint density at radius 1 is 1.05 bits per heavy atom. The van der Waals surface area contributed by atoms with E-state index in [1.807, 2.05) is 42.5 Å². The van der Waals surface area contributed by atoms with Crippen LogP contribution in [0.3, 0.4) is 0 Å². The summed E-state index contributed by atoms with van der Waals surface area (Å²) in [5, 5.41) is 2.78. The van der Waals surface area contributed by atoms with Crippen molar-refractivity contribution in [2.75, 3.05) is 11.9 Å². The van der Waals surface area contributed by atoms with E-state index in [0.717, 1.165) is 16.8 Å². The van der Waals surface area contributed by atoms with Crippen LogP contribution in [0.2, 0.25) is 0 Å². The molecule has 0 saturated carbocycles. The first-order chi connectivity index (χ1) is 9.22. The van der Waals surface area contributed by atoms with E-state index in [2.05, 4.69) is 18.3 Å². The molecule has 0 aliphatic carbocycles. The summed E-state index contributed by atoms with van der Waals surface area (Å²) in [4.78, 5) is 11.5. The van der Waals surface area contributed by atoms with Crippen molar-refractivity contribution in [1.29, 1.82) is 0 Å². The molecule has 2 rings (SSSR count).